The van der Waals surface area contributed by atoms with Gasteiger partial charge in [-0.2, -0.15) is 0 Å². The second-order valence-electron chi connectivity index (χ2n) is 3.50. The summed E-state index contributed by atoms with van der Waals surface area (Å²) in [6, 6.07) is 2.33. The summed E-state index contributed by atoms with van der Waals surface area (Å²) >= 11 is 0. The number of nitrogens with zero attached hydrogens (tertiary/aromatic N) is 2. The lowest BCUT2D eigenvalue weighted by atomic mass is 10.2. The molecule has 0 amide bonds. The second-order valence-corrected chi connectivity index (χ2v) is 3.50. The van der Waals surface area contributed by atoms with Crippen molar-refractivity contribution in [1.82, 2.24) is 4.57 Å². The van der Waals surface area contributed by atoms with Crippen molar-refractivity contribution in [2.75, 3.05) is 0 Å². The van der Waals surface area contributed by atoms with E-state index >= 15 is 0 Å². The molecule has 0 N–H and O–H groups in total. The quantitative estimate of drug-likeness (QED) is 0.565. The summed E-state index contributed by atoms with van der Waals surface area (Å²) in [6.45, 7) is 3.10. The molecule has 0 aromatic carbocycles. The van der Waals surface area contributed by atoms with Gasteiger partial charge in [-0.15, -0.1) is 0 Å². The maximum Gasteiger partial charge on any atom is 0.288 e. The zero-order valence-corrected chi connectivity index (χ0v) is 9.10. The number of Topliss-reactive ketones (excluding diaryl/α,β-unsaturated/α-hetero) is 1. The molecule has 0 saturated carbocycles. The second kappa shape index (κ2) is 4.69. The van der Waals surface area contributed by atoms with Gasteiger partial charge in [-0.25, -0.2) is 0 Å². The average Bonchev–Trinajstić information content (AvgIpc) is 2.16. The molecule has 1 aromatic rings. The molecule has 1 rings (SSSR count). The van der Waals surface area contributed by atoms with Crippen molar-refractivity contribution in [3.63, 3.8) is 0 Å². The number of hydrogen-bond donors (Lipinski definition) is 0. The summed E-state index contributed by atoms with van der Waals surface area (Å²) < 4.78 is 1.25. The first kappa shape index (κ1) is 12.1. The van der Waals surface area contributed by atoms with Gasteiger partial charge in [-0.3, -0.25) is 19.7 Å². The average molecular weight is 224 g/mol. The number of aromatic nitrogens is 1. The minimum absolute atomic E-state index is 0.0576. The Morgan fingerprint density at radius 1 is 1.50 bits per heavy atom. The highest BCUT2D eigenvalue weighted by molar-refractivity contribution is 5.75. The summed E-state index contributed by atoms with van der Waals surface area (Å²) in [7, 11) is 0. The van der Waals surface area contributed by atoms with E-state index in [-0.39, 0.29) is 35.7 Å². The Labute approximate surface area is 91.7 Å². The molecule has 0 aliphatic heterocycles. The van der Waals surface area contributed by atoms with Gasteiger partial charge in [0.25, 0.3) is 11.2 Å². The predicted octanol–water partition coefficient (Wildman–Crippen LogP) is 1.04. The Hall–Kier alpha value is -1.98. The van der Waals surface area contributed by atoms with Gasteiger partial charge in [0.1, 0.15) is 5.78 Å². The fourth-order valence-corrected chi connectivity index (χ4v) is 1.40. The molecule has 0 radical (unpaired) electrons. The van der Waals surface area contributed by atoms with Gasteiger partial charge >= 0.3 is 0 Å². The number of pyridine rings is 1. The third-order valence-corrected chi connectivity index (χ3v) is 2.31. The summed E-state index contributed by atoms with van der Waals surface area (Å²) in [4.78, 5) is 32.4. The van der Waals surface area contributed by atoms with Crippen LogP contribution in [0.1, 0.15) is 19.0 Å². The van der Waals surface area contributed by atoms with Gasteiger partial charge in [-0.1, -0.05) is 0 Å². The number of hydrogen-bond acceptors (Lipinski definition) is 4. The van der Waals surface area contributed by atoms with Crippen LogP contribution in [0.25, 0.3) is 0 Å². The van der Waals surface area contributed by atoms with Crippen LogP contribution in [0.3, 0.4) is 0 Å². The van der Waals surface area contributed by atoms with E-state index in [1.165, 1.54) is 24.5 Å². The Balaban J connectivity index is 3.16. The molecule has 6 heteroatoms. The maximum absolute atomic E-state index is 11.5. The molecule has 1 heterocycles. The first-order chi connectivity index (χ1) is 7.43. The number of carbonyl (C=O) groups excluding carboxylic acids is 1. The van der Waals surface area contributed by atoms with Crippen LogP contribution in [0.15, 0.2) is 16.9 Å². The minimum atomic E-state index is -0.543. The van der Waals surface area contributed by atoms with Crippen LogP contribution in [0, 0.1) is 17.0 Å². The maximum atomic E-state index is 11.5. The van der Waals surface area contributed by atoms with Crippen molar-refractivity contribution >= 4 is 11.5 Å². The monoisotopic (exact) mass is 224 g/mol. The summed E-state index contributed by atoms with van der Waals surface area (Å²) in [5.41, 5.74) is -0.161. The van der Waals surface area contributed by atoms with Crippen molar-refractivity contribution in [1.29, 1.82) is 0 Å². The lowest BCUT2D eigenvalue weighted by Crippen LogP contribution is -2.23. The van der Waals surface area contributed by atoms with Crippen LogP contribution in [-0.2, 0) is 11.3 Å². The lowest BCUT2D eigenvalue weighted by Gasteiger charge is -2.08. The van der Waals surface area contributed by atoms with Crippen LogP contribution >= 0.6 is 0 Å². The summed E-state index contributed by atoms with van der Waals surface area (Å²) in [6.07, 6.45) is 0.196. The number of carbonyl (C=O) groups is 1. The molecule has 16 heavy (non-hydrogen) atoms. The van der Waals surface area contributed by atoms with E-state index in [9.17, 15) is 19.7 Å². The van der Waals surface area contributed by atoms with E-state index in [2.05, 4.69) is 0 Å². The topological polar surface area (TPSA) is 82.2 Å². The van der Waals surface area contributed by atoms with E-state index < -0.39 is 4.92 Å². The molecule has 0 aliphatic rings. The van der Waals surface area contributed by atoms with Crippen LogP contribution in [0.5, 0.6) is 0 Å². The molecule has 0 fully saturated rings. The Bertz CT molecular complexity index is 490. The minimum Gasteiger partial charge on any atom is -0.306 e. The van der Waals surface area contributed by atoms with Crippen molar-refractivity contribution in [3.8, 4) is 0 Å². The van der Waals surface area contributed by atoms with Crippen LogP contribution < -0.4 is 5.56 Å². The van der Waals surface area contributed by atoms with Crippen molar-refractivity contribution in [2.45, 2.75) is 26.8 Å². The van der Waals surface area contributed by atoms with Gasteiger partial charge in [-0.05, 0) is 13.8 Å². The van der Waals surface area contributed by atoms with Crippen LogP contribution in [0.4, 0.5) is 5.69 Å². The lowest BCUT2D eigenvalue weighted by molar-refractivity contribution is -0.386. The first-order valence-corrected chi connectivity index (χ1v) is 4.77. The van der Waals surface area contributed by atoms with E-state index in [0.29, 0.717) is 0 Å². The zero-order valence-electron chi connectivity index (χ0n) is 9.10. The van der Waals surface area contributed by atoms with Crippen molar-refractivity contribution in [3.05, 3.63) is 38.3 Å². The molecule has 0 spiro atoms. The molecule has 6 nitrogen and oxygen atoms in total. The molecule has 86 valence electrons. The summed E-state index contributed by atoms with van der Waals surface area (Å²) in [5, 5.41) is 10.6. The Morgan fingerprint density at radius 3 is 2.62 bits per heavy atom. The largest absolute Gasteiger partial charge is 0.306 e. The van der Waals surface area contributed by atoms with E-state index in [1.807, 2.05) is 0 Å². The van der Waals surface area contributed by atoms with E-state index in [0.717, 1.165) is 6.07 Å². The highest BCUT2D eigenvalue weighted by Crippen LogP contribution is 2.14. The fourth-order valence-electron chi connectivity index (χ4n) is 1.40. The van der Waals surface area contributed by atoms with Crippen molar-refractivity contribution in [2.24, 2.45) is 0 Å². The van der Waals surface area contributed by atoms with E-state index in [4.69, 9.17) is 0 Å². The molecule has 0 atom stereocenters. The van der Waals surface area contributed by atoms with Gasteiger partial charge in [0.2, 0.25) is 0 Å². The van der Waals surface area contributed by atoms with E-state index in [1.54, 1.807) is 0 Å². The van der Waals surface area contributed by atoms with Gasteiger partial charge in [0.05, 0.1) is 10.6 Å². The first-order valence-electron chi connectivity index (χ1n) is 4.77. The van der Waals surface area contributed by atoms with Gasteiger partial charge < -0.3 is 4.57 Å². The Kier molecular flexibility index (Phi) is 3.55. The SMILES string of the molecule is CC(=O)CCn1c(C)c([N+](=O)[O-])ccc1=O. The highest BCUT2D eigenvalue weighted by atomic mass is 16.6. The van der Waals surface area contributed by atoms with Crippen LogP contribution in [-0.4, -0.2) is 15.3 Å². The predicted molar refractivity (Wildman–Crippen MR) is 57.4 cm³/mol. The Morgan fingerprint density at radius 2 is 2.12 bits per heavy atom. The summed E-state index contributed by atoms with van der Waals surface area (Å²) in [5.74, 6) is -0.0576. The smallest absolute Gasteiger partial charge is 0.288 e. The third-order valence-electron chi connectivity index (χ3n) is 2.31. The van der Waals surface area contributed by atoms with Crippen molar-refractivity contribution < 1.29 is 9.72 Å². The van der Waals surface area contributed by atoms with Gasteiger partial charge in [0, 0.05) is 25.1 Å². The molecular formula is C10H12N2O4. The molecular weight excluding hydrogens is 212 g/mol. The zero-order chi connectivity index (χ0) is 12.3. The van der Waals surface area contributed by atoms with Gasteiger partial charge in [0.15, 0.2) is 0 Å². The molecule has 0 bridgehead atoms. The standard InChI is InChI=1S/C10H12N2O4/c1-7(13)5-6-11-8(2)9(12(15)16)3-4-10(11)14/h3-4H,5-6H2,1-2H3. The highest BCUT2D eigenvalue weighted by Gasteiger charge is 2.14. The molecule has 0 aliphatic carbocycles. The number of ketones is 1. The number of nitro groups is 1. The van der Waals surface area contributed by atoms with Crippen LogP contribution in [0.2, 0.25) is 0 Å². The fraction of sp³-hybridized carbons (Fsp3) is 0.400. The molecule has 0 unspecified atom stereocenters. The number of rotatable bonds is 4. The third kappa shape index (κ3) is 2.53. The molecule has 0 saturated heterocycles. The normalized spacial score (nSPS) is 10.1. The molecule has 1 aromatic heterocycles.